The summed E-state index contributed by atoms with van der Waals surface area (Å²) in [5.41, 5.74) is 2.10. The van der Waals surface area contributed by atoms with Gasteiger partial charge in [0.15, 0.2) is 0 Å². The number of furan rings is 1. The van der Waals surface area contributed by atoms with Crippen molar-refractivity contribution >= 4 is 34.3 Å². The summed E-state index contributed by atoms with van der Waals surface area (Å²) in [7, 11) is 0. The van der Waals surface area contributed by atoms with Gasteiger partial charge in [0.2, 0.25) is 5.88 Å². The summed E-state index contributed by atoms with van der Waals surface area (Å²) in [6, 6.07) is 9.15. The van der Waals surface area contributed by atoms with Gasteiger partial charge in [0.1, 0.15) is 23.1 Å². The molecule has 110 valence electrons. The highest BCUT2D eigenvalue weighted by Gasteiger charge is 2.18. The summed E-state index contributed by atoms with van der Waals surface area (Å²) >= 11 is 6.08. The fourth-order valence-electron chi connectivity index (χ4n) is 2.26. The van der Waals surface area contributed by atoms with Crippen LogP contribution in [0.15, 0.2) is 28.7 Å². The van der Waals surface area contributed by atoms with Crippen LogP contribution in [-0.2, 0) is 0 Å². The van der Waals surface area contributed by atoms with E-state index in [1.807, 2.05) is 18.2 Å². The van der Waals surface area contributed by atoms with Crippen LogP contribution in [0.2, 0.25) is 5.02 Å². The maximum Gasteiger partial charge on any atom is 0.274 e. The molecule has 0 unspecified atom stereocenters. The molecule has 0 aliphatic carbocycles. The monoisotopic (exact) mass is 313 g/mol. The molecule has 22 heavy (non-hydrogen) atoms. The number of hydrogen-bond donors (Lipinski definition) is 2. The Morgan fingerprint density at radius 1 is 1.41 bits per heavy atom. The largest absolute Gasteiger partial charge is 0.444 e. The number of H-pyrrole nitrogens is 1. The van der Waals surface area contributed by atoms with Crippen molar-refractivity contribution in [1.82, 2.24) is 4.98 Å². The third-order valence-electron chi connectivity index (χ3n) is 3.57. The Labute approximate surface area is 131 Å². The van der Waals surface area contributed by atoms with Crippen LogP contribution in [0.5, 0.6) is 0 Å². The Kier molecular flexibility index (Phi) is 3.39. The first-order chi connectivity index (χ1) is 10.5. The summed E-state index contributed by atoms with van der Waals surface area (Å²) < 4.78 is 5.43. The topological polar surface area (TPSA) is 81.8 Å². The van der Waals surface area contributed by atoms with Gasteiger partial charge < -0.3 is 9.40 Å². The van der Waals surface area contributed by atoms with Crippen LogP contribution in [0, 0.1) is 25.2 Å². The highest BCUT2D eigenvalue weighted by Crippen LogP contribution is 2.27. The number of carbonyl (C=O) groups excluding carboxylic acids is 1. The third-order valence-corrected chi connectivity index (χ3v) is 3.89. The molecule has 0 spiro atoms. The predicted molar refractivity (Wildman–Crippen MR) is 84.2 cm³/mol. The highest BCUT2D eigenvalue weighted by molar-refractivity contribution is 6.35. The number of hydrogen-bond acceptors (Lipinski definition) is 3. The van der Waals surface area contributed by atoms with Crippen molar-refractivity contribution in [2.24, 2.45) is 0 Å². The lowest BCUT2D eigenvalue weighted by Crippen LogP contribution is -2.12. The molecule has 0 aliphatic heterocycles. The zero-order valence-electron chi connectivity index (χ0n) is 12.0. The van der Waals surface area contributed by atoms with Crippen LogP contribution in [0.3, 0.4) is 0 Å². The third kappa shape index (κ3) is 2.24. The van der Waals surface area contributed by atoms with Crippen molar-refractivity contribution in [1.29, 1.82) is 5.26 Å². The highest BCUT2D eigenvalue weighted by atomic mass is 35.5. The minimum atomic E-state index is -0.391. The van der Waals surface area contributed by atoms with Crippen molar-refractivity contribution < 1.29 is 9.21 Å². The number of nitrogens with zero attached hydrogens (tertiary/aromatic N) is 1. The second kappa shape index (κ2) is 5.24. The average Bonchev–Trinajstić information content (AvgIpc) is 3.03. The molecule has 2 N–H and O–H groups in total. The van der Waals surface area contributed by atoms with Crippen molar-refractivity contribution in [2.45, 2.75) is 13.8 Å². The summed E-state index contributed by atoms with van der Waals surface area (Å²) in [6.07, 6.45) is 0. The van der Waals surface area contributed by atoms with E-state index in [4.69, 9.17) is 21.3 Å². The molecule has 0 bridgehead atoms. The van der Waals surface area contributed by atoms with Gasteiger partial charge in [-0.05, 0) is 26.0 Å². The number of aryl methyl sites for hydroxylation is 1. The number of halogens is 1. The van der Waals surface area contributed by atoms with E-state index >= 15 is 0 Å². The number of amides is 1. The van der Waals surface area contributed by atoms with E-state index in [-0.39, 0.29) is 5.88 Å². The number of benzene rings is 1. The molecule has 2 heterocycles. The lowest BCUT2D eigenvalue weighted by molar-refractivity contribution is 0.102. The molecule has 3 rings (SSSR count). The minimum absolute atomic E-state index is 0.159. The van der Waals surface area contributed by atoms with Gasteiger partial charge in [-0.3, -0.25) is 10.1 Å². The van der Waals surface area contributed by atoms with Crippen LogP contribution >= 0.6 is 11.6 Å². The number of nitriles is 1. The van der Waals surface area contributed by atoms with Crippen LogP contribution in [-0.4, -0.2) is 10.9 Å². The maximum absolute atomic E-state index is 12.3. The van der Waals surface area contributed by atoms with Gasteiger partial charge in [0, 0.05) is 10.9 Å². The fourth-order valence-corrected chi connectivity index (χ4v) is 2.49. The van der Waals surface area contributed by atoms with Crippen molar-refractivity contribution in [3.05, 3.63) is 51.9 Å². The van der Waals surface area contributed by atoms with Crippen LogP contribution < -0.4 is 5.32 Å². The molecule has 5 nitrogen and oxygen atoms in total. The molecule has 3 aromatic rings. The summed E-state index contributed by atoms with van der Waals surface area (Å²) in [4.78, 5) is 15.3. The molecule has 0 radical (unpaired) electrons. The Morgan fingerprint density at radius 3 is 2.86 bits per heavy atom. The molecule has 6 heteroatoms. The number of carbonyl (C=O) groups is 1. The quantitative estimate of drug-likeness (QED) is 0.745. The second-order valence-electron chi connectivity index (χ2n) is 4.94. The van der Waals surface area contributed by atoms with Crippen molar-refractivity contribution in [2.75, 3.05) is 5.32 Å². The minimum Gasteiger partial charge on any atom is -0.444 e. The smallest absolute Gasteiger partial charge is 0.274 e. The number of anilines is 1. The average molecular weight is 314 g/mol. The second-order valence-corrected chi connectivity index (χ2v) is 5.35. The lowest BCUT2D eigenvalue weighted by Gasteiger charge is -2.00. The molecular formula is C16H12ClN3O2. The number of rotatable bonds is 2. The molecule has 0 fully saturated rings. The van der Waals surface area contributed by atoms with E-state index in [0.717, 1.165) is 10.9 Å². The van der Waals surface area contributed by atoms with Gasteiger partial charge >= 0.3 is 0 Å². The molecule has 0 atom stereocenters. The summed E-state index contributed by atoms with van der Waals surface area (Å²) in [5, 5.41) is 13.2. The molecule has 0 saturated heterocycles. The van der Waals surface area contributed by atoms with E-state index in [2.05, 4.69) is 10.3 Å². The lowest BCUT2D eigenvalue weighted by atomic mass is 10.2. The van der Waals surface area contributed by atoms with E-state index < -0.39 is 5.91 Å². The zero-order chi connectivity index (χ0) is 15.9. The van der Waals surface area contributed by atoms with Crippen molar-refractivity contribution in [3.8, 4) is 6.07 Å². The molecule has 0 saturated carbocycles. The van der Waals surface area contributed by atoms with E-state index in [1.165, 1.54) is 0 Å². The Bertz CT molecular complexity index is 931. The van der Waals surface area contributed by atoms with Gasteiger partial charge in [0.25, 0.3) is 5.91 Å². The number of aromatic amines is 1. The SMILES string of the molecule is Cc1oc(NC(=O)c2cc3cccc(Cl)c3[nH]2)c(C#N)c1C. The normalized spacial score (nSPS) is 10.6. The maximum atomic E-state index is 12.3. The van der Waals surface area contributed by atoms with E-state index in [0.29, 0.717) is 27.6 Å². The summed E-state index contributed by atoms with van der Waals surface area (Å²) in [5.74, 6) is 0.372. The zero-order valence-corrected chi connectivity index (χ0v) is 12.7. The van der Waals surface area contributed by atoms with Gasteiger partial charge in [-0.1, -0.05) is 23.7 Å². The molecule has 2 aromatic heterocycles. The van der Waals surface area contributed by atoms with Gasteiger partial charge in [0.05, 0.1) is 10.5 Å². The van der Waals surface area contributed by atoms with Crippen LogP contribution in [0.1, 0.15) is 27.4 Å². The van der Waals surface area contributed by atoms with Gasteiger partial charge in [-0.15, -0.1) is 0 Å². The van der Waals surface area contributed by atoms with Crippen LogP contribution in [0.25, 0.3) is 10.9 Å². The van der Waals surface area contributed by atoms with E-state index in [9.17, 15) is 4.79 Å². The first kappa shape index (κ1) is 14.2. The molecule has 0 aliphatic rings. The standard InChI is InChI=1S/C16H12ClN3O2/c1-8-9(2)22-16(11(8)7-18)20-15(21)13-6-10-4-3-5-12(17)14(10)19-13/h3-6,19H,1-2H3,(H,20,21). The predicted octanol–water partition coefficient (Wildman–Crippen LogP) is 4.16. The summed E-state index contributed by atoms with van der Waals surface area (Å²) in [6.45, 7) is 3.52. The van der Waals surface area contributed by atoms with Crippen LogP contribution in [0.4, 0.5) is 5.88 Å². The fraction of sp³-hybridized carbons (Fsp3) is 0.125. The number of aromatic nitrogens is 1. The molecule has 1 aromatic carbocycles. The number of para-hydroxylation sites is 1. The number of nitrogens with one attached hydrogen (secondary N) is 2. The molecule has 1 amide bonds. The molecular weight excluding hydrogens is 302 g/mol. The first-order valence-electron chi connectivity index (χ1n) is 6.60. The Morgan fingerprint density at radius 2 is 2.18 bits per heavy atom. The number of fused-ring (bicyclic) bond motifs is 1. The first-order valence-corrected chi connectivity index (χ1v) is 6.97. The Balaban J connectivity index is 1.96. The Hall–Kier alpha value is -2.71. The van der Waals surface area contributed by atoms with E-state index in [1.54, 1.807) is 26.0 Å². The van der Waals surface area contributed by atoms with Crippen molar-refractivity contribution in [3.63, 3.8) is 0 Å². The van der Waals surface area contributed by atoms with Gasteiger partial charge in [-0.2, -0.15) is 5.26 Å². The van der Waals surface area contributed by atoms with Gasteiger partial charge in [-0.25, -0.2) is 0 Å².